The highest BCUT2D eigenvalue weighted by Crippen LogP contribution is 2.43. The second kappa shape index (κ2) is 19.4. The molecule has 5 aromatic heterocycles. The van der Waals surface area contributed by atoms with Gasteiger partial charge in [-0.15, -0.1) is 0 Å². The average molecular weight is 1110 g/mol. The van der Waals surface area contributed by atoms with Gasteiger partial charge >= 0.3 is 0 Å². The van der Waals surface area contributed by atoms with Gasteiger partial charge < -0.3 is 4.42 Å². The predicted molar refractivity (Wildman–Crippen MR) is 357 cm³/mol. The molecule has 0 atom stereocenters. The van der Waals surface area contributed by atoms with E-state index >= 15 is 0 Å². The van der Waals surface area contributed by atoms with Crippen LogP contribution in [0.2, 0.25) is 0 Å². The zero-order valence-corrected chi connectivity index (χ0v) is 46.7. The summed E-state index contributed by atoms with van der Waals surface area (Å²) in [6.45, 7) is 0. The van der Waals surface area contributed by atoms with E-state index in [1.807, 2.05) is 42.5 Å². The van der Waals surface area contributed by atoms with Crippen LogP contribution in [0.25, 0.3) is 177 Å². The molecule has 0 bridgehead atoms. The molecule has 13 aromatic carbocycles. The summed E-state index contributed by atoms with van der Waals surface area (Å²) in [6, 6.07) is 101. The Morgan fingerprint density at radius 2 is 0.701 bits per heavy atom. The smallest absolute Gasteiger partial charge is 0.235 e. The maximum Gasteiger partial charge on any atom is 0.235 e. The number of nitrogens with zero attached hydrogens (tertiary/aromatic N) is 7. The monoisotopic (exact) mass is 1110 g/mol. The van der Waals surface area contributed by atoms with Crippen LogP contribution in [-0.2, 0) is 0 Å². The Morgan fingerprint density at radius 1 is 0.253 bits per heavy atom. The van der Waals surface area contributed by atoms with Crippen molar-refractivity contribution in [2.75, 3.05) is 0 Å². The van der Waals surface area contributed by atoms with Crippen molar-refractivity contribution in [2.24, 2.45) is 0 Å². The Morgan fingerprint density at radius 3 is 1.30 bits per heavy atom. The molecule has 0 N–H and O–H groups in total. The number of benzene rings is 13. The fourth-order valence-electron chi connectivity index (χ4n) is 13.3. The molecule has 0 aliphatic carbocycles. The zero-order valence-electron chi connectivity index (χ0n) is 46.7. The lowest BCUT2D eigenvalue weighted by Gasteiger charge is -2.13. The van der Waals surface area contributed by atoms with Crippen molar-refractivity contribution < 1.29 is 4.42 Å². The minimum absolute atomic E-state index is 0.533. The van der Waals surface area contributed by atoms with E-state index < -0.39 is 0 Å². The van der Waals surface area contributed by atoms with Gasteiger partial charge in [-0.25, -0.2) is 24.9 Å². The van der Waals surface area contributed by atoms with Gasteiger partial charge in [0.2, 0.25) is 17.8 Å². The number of hydrogen-bond donors (Lipinski definition) is 0. The van der Waals surface area contributed by atoms with Gasteiger partial charge in [-0.3, -0.25) is 9.13 Å². The van der Waals surface area contributed by atoms with E-state index in [9.17, 15) is 0 Å². The standard InChI is InChI=1S/C79H47N7O/c1-2-18-54(19-3-1)77-80-69-43-42-62-66-47-56(41-45-72(66)86(75(62)76(69)87-77)79-82-68-30-12-9-26-64(68)74(84-79)53-38-34-51(35-39-53)60-28-15-21-49-17-5-7-23-58(49)60)55-40-44-71-65(46-55)61-24-10-13-31-70(61)85(71)78-81-67-29-11-8-25-63(67)73(83-78)52-36-32-50(33-37-52)59-27-14-20-48-16-4-6-22-57(48)59/h1-47H. The lowest BCUT2D eigenvalue weighted by atomic mass is 9.96. The summed E-state index contributed by atoms with van der Waals surface area (Å²) in [5.41, 5.74) is 18.4. The van der Waals surface area contributed by atoms with Crippen LogP contribution in [-0.4, -0.2) is 34.1 Å². The van der Waals surface area contributed by atoms with E-state index in [4.69, 9.17) is 29.3 Å². The molecule has 5 heterocycles. The summed E-state index contributed by atoms with van der Waals surface area (Å²) in [7, 11) is 0. The molecule has 0 spiro atoms. The molecule has 404 valence electrons. The zero-order chi connectivity index (χ0) is 57.1. The van der Waals surface area contributed by atoms with Crippen molar-refractivity contribution >= 4 is 98.1 Å². The third kappa shape index (κ3) is 7.82. The molecule has 0 unspecified atom stereocenters. The molecule has 87 heavy (non-hydrogen) atoms. The van der Waals surface area contributed by atoms with Crippen LogP contribution < -0.4 is 0 Å². The Balaban J connectivity index is 0.785. The van der Waals surface area contributed by atoms with E-state index in [1.54, 1.807) is 0 Å². The Hall–Kier alpha value is -11.9. The molecule has 0 saturated carbocycles. The minimum atomic E-state index is 0.533. The fourth-order valence-corrected chi connectivity index (χ4v) is 13.3. The van der Waals surface area contributed by atoms with E-state index in [2.05, 4.69) is 252 Å². The first-order valence-corrected chi connectivity index (χ1v) is 29.3. The first-order chi connectivity index (χ1) is 43.1. The number of fused-ring (bicyclic) bond motifs is 12. The molecule has 0 aliphatic rings. The van der Waals surface area contributed by atoms with Crippen molar-refractivity contribution in [2.45, 2.75) is 0 Å². The third-order valence-corrected chi connectivity index (χ3v) is 17.4. The Labute approximate surface area is 498 Å². The van der Waals surface area contributed by atoms with E-state index in [1.165, 1.54) is 32.7 Å². The summed E-state index contributed by atoms with van der Waals surface area (Å²) in [5.74, 6) is 1.69. The van der Waals surface area contributed by atoms with E-state index in [0.29, 0.717) is 23.4 Å². The quantitative estimate of drug-likeness (QED) is 0.151. The summed E-state index contributed by atoms with van der Waals surface area (Å²) in [5, 5.41) is 11.1. The molecular weight excluding hydrogens is 1060 g/mol. The molecule has 0 amide bonds. The fraction of sp³-hybridized carbons (Fsp3) is 0. The van der Waals surface area contributed by atoms with Gasteiger partial charge in [0.15, 0.2) is 5.58 Å². The van der Waals surface area contributed by atoms with Gasteiger partial charge in [-0.05, 0) is 122 Å². The van der Waals surface area contributed by atoms with Gasteiger partial charge in [-0.2, -0.15) is 0 Å². The van der Waals surface area contributed by atoms with Crippen molar-refractivity contribution in [3.63, 3.8) is 0 Å². The minimum Gasteiger partial charge on any atom is -0.434 e. The van der Waals surface area contributed by atoms with Crippen LogP contribution in [0.4, 0.5) is 0 Å². The number of hydrogen-bond acceptors (Lipinski definition) is 6. The highest BCUT2D eigenvalue weighted by Gasteiger charge is 2.24. The van der Waals surface area contributed by atoms with Crippen molar-refractivity contribution in [3.05, 3.63) is 285 Å². The van der Waals surface area contributed by atoms with Crippen molar-refractivity contribution in [1.82, 2.24) is 34.1 Å². The normalized spacial score (nSPS) is 11.9. The number of rotatable bonds is 8. The molecular formula is C79H47N7O. The Kier molecular flexibility index (Phi) is 10.8. The second-order valence-electron chi connectivity index (χ2n) is 22.3. The van der Waals surface area contributed by atoms with Crippen LogP contribution in [0, 0.1) is 0 Å². The number of aromatic nitrogens is 7. The van der Waals surface area contributed by atoms with Gasteiger partial charge in [0.25, 0.3) is 0 Å². The van der Waals surface area contributed by atoms with Gasteiger partial charge in [0, 0.05) is 49.0 Å². The van der Waals surface area contributed by atoms with E-state index in [-0.39, 0.29) is 0 Å². The van der Waals surface area contributed by atoms with Crippen LogP contribution in [0.1, 0.15) is 0 Å². The van der Waals surface area contributed by atoms with Crippen LogP contribution in [0.3, 0.4) is 0 Å². The molecule has 0 radical (unpaired) electrons. The molecule has 8 nitrogen and oxygen atoms in total. The summed E-state index contributed by atoms with van der Waals surface area (Å²) < 4.78 is 11.3. The maximum atomic E-state index is 6.88. The molecule has 18 aromatic rings. The highest BCUT2D eigenvalue weighted by atomic mass is 16.3. The first kappa shape index (κ1) is 48.6. The summed E-state index contributed by atoms with van der Waals surface area (Å²) >= 11 is 0. The average Bonchev–Trinajstić information content (AvgIpc) is 1.88. The lowest BCUT2D eigenvalue weighted by Crippen LogP contribution is -2.03. The molecule has 0 fully saturated rings. The van der Waals surface area contributed by atoms with Crippen LogP contribution in [0.15, 0.2) is 290 Å². The van der Waals surface area contributed by atoms with Crippen LogP contribution in [0.5, 0.6) is 0 Å². The molecule has 0 saturated heterocycles. The number of para-hydroxylation sites is 3. The largest absolute Gasteiger partial charge is 0.434 e. The topological polar surface area (TPSA) is 87.5 Å². The Bertz CT molecular complexity index is 5810. The number of oxazole rings is 1. The van der Waals surface area contributed by atoms with Gasteiger partial charge in [0.1, 0.15) is 11.0 Å². The predicted octanol–water partition coefficient (Wildman–Crippen LogP) is 20.2. The maximum absolute atomic E-state index is 6.88. The van der Waals surface area contributed by atoms with Gasteiger partial charge in [-0.1, -0.05) is 218 Å². The lowest BCUT2D eigenvalue weighted by molar-refractivity contribution is 0.621. The second-order valence-corrected chi connectivity index (χ2v) is 22.3. The summed E-state index contributed by atoms with van der Waals surface area (Å²) in [6.07, 6.45) is 0. The van der Waals surface area contributed by atoms with Gasteiger partial charge in [0.05, 0.1) is 39.0 Å². The SMILES string of the molecule is c1ccc(-c2nc3ccc4c5cc(-c6ccc7c(c6)c6ccccc6n7-c6nc(-c7ccc(-c8cccc9ccccc89)cc7)c7ccccc7n6)ccc5n(-c5nc(-c6ccc(-c7cccc8ccccc78)cc6)c6ccccc6n5)c4c3o2)cc1. The molecule has 0 aliphatic heterocycles. The molecule has 8 heteroatoms. The van der Waals surface area contributed by atoms with Crippen LogP contribution >= 0.6 is 0 Å². The highest BCUT2D eigenvalue weighted by molar-refractivity contribution is 6.18. The first-order valence-electron chi connectivity index (χ1n) is 29.3. The summed E-state index contributed by atoms with van der Waals surface area (Å²) in [4.78, 5) is 26.8. The van der Waals surface area contributed by atoms with E-state index in [0.717, 1.165) is 121 Å². The molecule has 18 rings (SSSR count). The van der Waals surface area contributed by atoms with Crippen molar-refractivity contribution in [3.8, 4) is 79.2 Å². The van der Waals surface area contributed by atoms with Crippen molar-refractivity contribution in [1.29, 1.82) is 0 Å². The third-order valence-electron chi connectivity index (χ3n) is 17.4.